The average Bonchev–Trinajstić information content (AvgIpc) is 1.54. The second-order valence-corrected chi connectivity index (χ2v) is 25.6. The summed E-state index contributed by atoms with van der Waals surface area (Å²) in [5, 5.41) is 19.5. The van der Waals surface area contributed by atoms with Crippen LogP contribution in [-0.2, 0) is 71.5 Å². The van der Waals surface area contributed by atoms with Crippen molar-refractivity contribution < 1.29 is 58.0 Å². The zero-order valence-corrected chi connectivity index (χ0v) is 52.6. The van der Waals surface area contributed by atoms with E-state index in [-0.39, 0.29) is 48.6 Å². The largest absolute Gasteiger partial charge is 0.481 e. The van der Waals surface area contributed by atoms with Gasteiger partial charge in [0.1, 0.15) is 11.6 Å². The number of ether oxygens (including phenoxy) is 2. The van der Waals surface area contributed by atoms with Crippen molar-refractivity contribution in [1.82, 2.24) is 0 Å². The zero-order valence-electron chi connectivity index (χ0n) is 52.6. The van der Waals surface area contributed by atoms with E-state index in [1.165, 1.54) is 68.1 Å². The van der Waals surface area contributed by atoms with Gasteiger partial charge in [-0.15, -0.1) is 0 Å². The number of esters is 4. The molecule has 14 heteroatoms. The number of anilines is 2. The van der Waals surface area contributed by atoms with Gasteiger partial charge in [-0.1, -0.05) is 200 Å². The van der Waals surface area contributed by atoms with Crippen LogP contribution in [-0.4, -0.2) is 57.6 Å². The zero-order chi connectivity index (χ0) is 66.3. The molecule has 0 aromatic heterocycles. The SMILES string of the molecule is CC1=CC(C2CC(=O)OC2=O)CC2C(=O)OC(=O)C12.CCc1ccc(C2(c3ccc(CC(=O)C4C(C)=CC(C(CC(=O)O)C(C)=O)CC4C(=O)O)cc3)c3ccccc3-c3ccccc32)cc1.Nc1ccc(C2(c3ccc(N)cc3)c3ccccc3-c3ccccc32)cc1. The lowest BCUT2D eigenvalue weighted by Gasteiger charge is -2.35. The Morgan fingerprint density at radius 3 is 1.35 bits per heavy atom. The van der Waals surface area contributed by atoms with Crippen molar-refractivity contribution >= 4 is 58.8 Å². The molecule has 0 radical (unpaired) electrons. The molecule has 0 spiro atoms. The van der Waals surface area contributed by atoms with Gasteiger partial charge in [-0.2, -0.15) is 0 Å². The third kappa shape index (κ3) is 11.3. The highest BCUT2D eigenvalue weighted by Crippen LogP contribution is 2.58. The van der Waals surface area contributed by atoms with Crippen LogP contribution in [0.3, 0.4) is 0 Å². The number of carboxylic acids is 2. The number of carboxylic acid groups (broad SMARTS) is 2. The lowest BCUT2D eigenvalue weighted by Crippen LogP contribution is -2.39. The van der Waals surface area contributed by atoms with E-state index >= 15 is 0 Å². The average molecular weight is 1250 g/mol. The maximum atomic E-state index is 13.8. The number of cyclic esters (lactones) is 4. The molecule has 0 saturated carbocycles. The van der Waals surface area contributed by atoms with E-state index < -0.39 is 82.7 Å². The van der Waals surface area contributed by atoms with Crippen LogP contribution in [0.15, 0.2) is 217 Å². The molecule has 474 valence electrons. The quantitative estimate of drug-likeness (QED) is 0.0342. The Hall–Kier alpha value is -10.6. The minimum Gasteiger partial charge on any atom is -0.481 e. The molecule has 8 aromatic rings. The smallest absolute Gasteiger partial charge is 0.321 e. The summed E-state index contributed by atoms with van der Waals surface area (Å²) in [6.45, 7) is 6.94. The Kier molecular flexibility index (Phi) is 17.5. The minimum atomic E-state index is -1.12. The van der Waals surface area contributed by atoms with Crippen LogP contribution in [0.25, 0.3) is 22.3 Å². The number of nitrogens with two attached hydrogens (primary N) is 2. The van der Waals surface area contributed by atoms with Crippen molar-refractivity contribution in [2.75, 3.05) is 11.5 Å². The first kappa shape index (κ1) is 63.5. The van der Waals surface area contributed by atoms with Crippen molar-refractivity contribution in [2.24, 2.45) is 47.3 Å². The summed E-state index contributed by atoms with van der Waals surface area (Å²) < 4.78 is 9.17. The topological polar surface area (TPSA) is 248 Å². The summed E-state index contributed by atoms with van der Waals surface area (Å²) in [6, 6.07) is 67.9. The molecular weight excluding hydrogens is 1180 g/mol. The number of benzene rings is 8. The number of rotatable bonds is 14. The number of nitrogen functional groups attached to an aromatic ring is 2. The first-order valence-electron chi connectivity index (χ1n) is 31.9. The van der Waals surface area contributed by atoms with E-state index in [1.807, 2.05) is 36.4 Å². The van der Waals surface area contributed by atoms with E-state index in [0.717, 1.165) is 40.1 Å². The number of allylic oxidation sites excluding steroid dienone is 3. The number of aryl methyl sites for hydroxylation is 1. The fourth-order valence-corrected chi connectivity index (χ4v) is 15.9. The summed E-state index contributed by atoms with van der Waals surface area (Å²) in [6.07, 6.45) is 4.60. The van der Waals surface area contributed by atoms with Crippen LogP contribution in [0.2, 0.25) is 0 Å². The molecule has 0 amide bonds. The van der Waals surface area contributed by atoms with Crippen molar-refractivity contribution in [3.05, 3.63) is 273 Å². The molecule has 94 heavy (non-hydrogen) atoms. The molecule has 4 aliphatic carbocycles. The summed E-state index contributed by atoms with van der Waals surface area (Å²) in [5.41, 5.74) is 30.5. The first-order chi connectivity index (χ1) is 45.2. The number of hydrogen-bond donors (Lipinski definition) is 4. The highest BCUT2D eigenvalue weighted by Gasteiger charge is 2.52. The minimum absolute atomic E-state index is 0.0354. The molecule has 14 nitrogen and oxygen atoms in total. The third-order valence-corrected chi connectivity index (χ3v) is 20.2. The molecular formula is C80H72N2O12. The molecule has 8 unspecified atom stereocenters. The lowest BCUT2D eigenvalue weighted by molar-refractivity contribution is -0.155. The number of carbonyl (C=O) groups excluding carboxylic acids is 6. The molecule has 2 aliphatic heterocycles. The van der Waals surface area contributed by atoms with Gasteiger partial charge in [0, 0.05) is 23.7 Å². The molecule has 0 bridgehead atoms. The number of fused-ring (bicyclic) bond motifs is 7. The van der Waals surface area contributed by atoms with E-state index in [2.05, 4.69) is 174 Å². The number of aliphatic carboxylic acids is 2. The van der Waals surface area contributed by atoms with Crippen LogP contribution >= 0.6 is 0 Å². The highest BCUT2D eigenvalue weighted by atomic mass is 16.6. The van der Waals surface area contributed by atoms with Crippen LogP contribution < -0.4 is 11.5 Å². The number of ketones is 2. The predicted octanol–water partition coefficient (Wildman–Crippen LogP) is 13.3. The number of carbonyl (C=O) groups is 8. The lowest BCUT2D eigenvalue weighted by atomic mass is 9.67. The van der Waals surface area contributed by atoms with Crippen LogP contribution in [0.5, 0.6) is 0 Å². The molecule has 8 atom stereocenters. The predicted molar refractivity (Wildman–Crippen MR) is 356 cm³/mol. The molecule has 8 aromatic carbocycles. The van der Waals surface area contributed by atoms with Gasteiger partial charge in [0.15, 0.2) is 0 Å². The second-order valence-electron chi connectivity index (χ2n) is 25.6. The maximum absolute atomic E-state index is 13.8. The van der Waals surface area contributed by atoms with Crippen molar-refractivity contribution in [1.29, 1.82) is 0 Å². The Bertz CT molecular complexity index is 4270. The standard InChI is InChI=1S/C42H40O6.C25H20N2.C13H12O6/c1-4-27-13-17-30(18-14-27)42(36-11-7-5-9-32(36)33-10-6-8-12-37(33)42)31-19-15-28(16-20-31)22-38(44)40-25(2)21-29(23-35(40)41(47)48)34(26(3)43)24-39(45)46;26-19-13-9-17(10-14-19)25(18-11-15-20(27)16-12-18)23-7-3-1-5-21(23)22-6-2-4-8-24(22)25;1-5-2-6(7-4-9(14)18-11(7)15)3-8-10(5)13(17)19-12(8)16/h5-21,29,34-35,40H,4,22-24H2,1-3H3,(H,45,46)(H,47,48);1-16H,26-27H2;2,6-8,10H,3-4H2,1H3. The fourth-order valence-electron chi connectivity index (χ4n) is 15.9. The van der Waals surface area contributed by atoms with Gasteiger partial charge in [-0.05, 0) is 154 Å². The number of hydrogen-bond acceptors (Lipinski definition) is 12. The fraction of sp³-hybridized carbons (Fsp3) is 0.250. The molecule has 2 fully saturated rings. The van der Waals surface area contributed by atoms with Crippen LogP contribution in [0, 0.1) is 47.3 Å². The van der Waals surface area contributed by atoms with Crippen LogP contribution in [0.1, 0.15) is 109 Å². The monoisotopic (exact) mass is 1250 g/mol. The Morgan fingerprint density at radius 1 is 0.521 bits per heavy atom. The van der Waals surface area contributed by atoms with E-state index in [0.29, 0.717) is 12.0 Å². The highest BCUT2D eigenvalue weighted by molar-refractivity contribution is 5.99. The number of Topliss-reactive ketones (excluding diaryl/α,β-unsaturated/α-hetero) is 2. The van der Waals surface area contributed by atoms with Gasteiger partial charge < -0.3 is 31.2 Å². The van der Waals surface area contributed by atoms with Crippen molar-refractivity contribution in [3.8, 4) is 22.3 Å². The van der Waals surface area contributed by atoms with E-state index in [9.17, 15) is 48.6 Å². The van der Waals surface area contributed by atoms with Crippen molar-refractivity contribution in [3.63, 3.8) is 0 Å². The Labute approximate surface area is 545 Å². The van der Waals surface area contributed by atoms with Gasteiger partial charge in [-0.3, -0.25) is 38.4 Å². The second kappa shape index (κ2) is 25.8. The van der Waals surface area contributed by atoms with Crippen LogP contribution in [0.4, 0.5) is 11.4 Å². The Morgan fingerprint density at radius 2 is 0.947 bits per heavy atom. The van der Waals surface area contributed by atoms with E-state index in [1.54, 1.807) is 26.0 Å². The molecule has 2 saturated heterocycles. The summed E-state index contributed by atoms with van der Waals surface area (Å²) in [4.78, 5) is 95.9. The maximum Gasteiger partial charge on any atom is 0.321 e. The molecule has 6 N–H and O–H groups in total. The van der Waals surface area contributed by atoms with E-state index in [4.69, 9.17) is 11.5 Å². The molecule has 6 aliphatic rings. The summed E-state index contributed by atoms with van der Waals surface area (Å²) >= 11 is 0. The summed E-state index contributed by atoms with van der Waals surface area (Å²) in [5.74, 6) is -10.0. The van der Waals surface area contributed by atoms with Gasteiger partial charge in [-0.25, -0.2) is 0 Å². The normalized spacial score (nSPS) is 21.7. The van der Waals surface area contributed by atoms with Gasteiger partial charge >= 0.3 is 35.8 Å². The first-order valence-corrected chi connectivity index (χ1v) is 31.9. The summed E-state index contributed by atoms with van der Waals surface area (Å²) in [7, 11) is 0. The Balaban J connectivity index is 0.000000153. The van der Waals surface area contributed by atoms with Crippen molar-refractivity contribution in [2.45, 2.75) is 77.0 Å². The molecule has 2 heterocycles. The van der Waals surface area contributed by atoms with Gasteiger partial charge in [0.05, 0.1) is 53.3 Å². The van der Waals surface area contributed by atoms with Gasteiger partial charge in [0.2, 0.25) is 0 Å². The molecule has 14 rings (SSSR count). The van der Waals surface area contributed by atoms with Gasteiger partial charge in [0.25, 0.3) is 0 Å². The third-order valence-electron chi connectivity index (χ3n) is 20.2.